The van der Waals surface area contributed by atoms with E-state index in [2.05, 4.69) is 0 Å². The zero-order valence-corrected chi connectivity index (χ0v) is 13.7. The summed E-state index contributed by atoms with van der Waals surface area (Å²) in [6, 6.07) is 7.54. The number of ether oxygens (including phenoxy) is 1. The summed E-state index contributed by atoms with van der Waals surface area (Å²) in [7, 11) is 1.39. The van der Waals surface area contributed by atoms with E-state index in [0.29, 0.717) is 16.3 Å². The average molecular weight is 376 g/mol. The van der Waals surface area contributed by atoms with Gasteiger partial charge in [0.2, 0.25) is 0 Å². The SMILES string of the molecule is COc1ccc(Cl)cc1N1C(=O)C(Cl)c2ccc(C(F)(F)F)cc21. The Balaban J connectivity index is 2.22. The van der Waals surface area contributed by atoms with Gasteiger partial charge in [-0.05, 0) is 30.3 Å². The highest BCUT2D eigenvalue weighted by Crippen LogP contribution is 2.48. The maximum atomic E-state index is 13.0. The van der Waals surface area contributed by atoms with Crippen LogP contribution in [0.25, 0.3) is 0 Å². The lowest BCUT2D eigenvalue weighted by Gasteiger charge is -2.21. The molecule has 0 bridgehead atoms. The molecule has 0 aromatic heterocycles. The van der Waals surface area contributed by atoms with E-state index < -0.39 is 23.0 Å². The first-order chi connectivity index (χ1) is 11.2. The van der Waals surface area contributed by atoms with Gasteiger partial charge >= 0.3 is 6.18 Å². The third kappa shape index (κ3) is 2.70. The Labute approximate surface area is 145 Å². The fourth-order valence-electron chi connectivity index (χ4n) is 2.58. The van der Waals surface area contributed by atoms with Gasteiger partial charge in [0.25, 0.3) is 5.91 Å². The van der Waals surface area contributed by atoms with Gasteiger partial charge in [0.15, 0.2) is 0 Å². The van der Waals surface area contributed by atoms with Gasteiger partial charge in [-0.3, -0.25) is 9.69 Å². The molecular formula is C16H10Cl2F3NO2. The first-order valence-electron chi connectivity index (χ1n) is 6.76. The van der Waals surface area contributed by atoms with Gasteiger partial charge in [0.1, 0.15) is 11.1 Å². The Morgan fingerprint density at radius 2 is 1.83 bits per heavy atom. The fourth-order valence-corrected chi connectivity index (χ4v) is 3.03. The van der Waals surface area contributed by atoms with E-state index in [-0.39, 0.29) is 11.4 Å². The van der Waals surface area contributed by atoms with Crippen molar-refractivity contribution in [3.05, 3.63) is 52.5 Å². The summed E-state index contributed by atoms with van der Waals surface area (Å²) < 4.78 is 44.2. The molecule has 2 aromatic rings. The van der Waals surface area contributed by atoms with Crippen molar-refractivity contribution in [2.75, 3.05) is 12.0 Å². The van der Waals surface area contributed by atoms with E-state index >= 15 is 0 Å². The smallest absolute Gasteiger partial charge is 0.416 e. The highest BCUT2D eigenvalue weighted by atomic mass is 35.5. The Kier molecular flexibility index (Phi) is 4.13. The number of hydrogen-bond acceptors (Lipinski definition) is 2. The molecule has 1 aliphatic rings. The average Bonchev–Trinajstić information content (AvgIpc) is 2.77. The summed E-state index contributed by atoms with van der Waals surface area (Å²) in [6.07, 6.45) is -4.54. The second-order valence-corrected chi connectivity index (χ2v) is 6.00. The van der Waals surface area contributed by atoms with E-state index in [1.165, 1.54) is 25.3 Å². The van der Waals surface area contributed by atoms with Crippen LogP contribution in [0.5, 0.6) is 5.75 Å². The summed E-state index contributed by atoms with van der Waals surface area (Å²) in [5, 5.41) is -0.767. The van der Waals surface area contributed by atoms with Crippen molar-refractivity contribution in [2.24, 2.45) is 0 Å². The number of anilines is 2. The summed E-state index contributed by atoms with van der Waals surface area (Å²) in [5.74, 6) is -0.270. The number of alkyl halides is 4. The van der Waals surface area contributed by atoms with E-state index in [1.807, 2.05) is 0 Å². The number of carbonyl (C=O) groups excluding carboxylic acids is 1. The fraction of sp³-hybridized carbons (Fsp3) is 0.188. The van der Waals surface area contributed by atoms with Crippen LogP contribution in [-0.4, -0.2) is 13.0 Å². The molecule has 1 heterocycles. The van der Waals surface area contributed by atoms with Crippen LogP contribution in [0.4, 0.5) is 24.5 Å². The molecule has 0 saturated carbocycles. The number of fused-ring (bicyclic) bond motifs is 1. The van der Waals surface area contributed by atoms with Crippen LogP contribution in [0.2, 0.25) is 5.02 Å². The molecule has 24 heavy (non-hydrogen) atoms. The summed E-state index contributed by atoms with van der Waals surface area (Å²) in [6.45, 7) is 0. The molecule has 0 aliphatic carbocycles. The standard InChI is InChI=1S/C16H10Cl2F3NO2/c1-24-13-5-3-9(17)7-12(13)22-11-6-8(16(19,20)21)2-4-10(11)14(18)15(22)23/h2-7,14H,1H3. The Morgan fingerprint density at radius 3 is 2.46 bits per heavy atom. The molecule has 1 aliphatic heterocycles. The van der Waals surface area contributed by atoms with Crippen LogP contribution >= 0.6 is 23.2 Å². The molecule has 1 unspecified atom stereocenters. The molecule has 0 fully saturated rings. The van der Waals surface area contributed by atoms with Gasteiger partial charge in [0.05, 0.1) is 24.0 Å². The van der Waals surface area contributed by atoms with Crippen molar-refractivity contribution in [2.45, 2.75) is 11.6 Å². The number of benzene rings is 2. The number of rotatable bonds is 2. The lowest BCUT2D eigenvalue weighted by molar-refractivity contribution is -0.137. The predicted molar refractivity (Wildman–Crippen MR) is 85.2 cm³/mol. The van der Waals surface area contributed by atoms with Crippen molar-refractivity contribution in [1.82, 2.24) is 0 Å². The largest absolute Gasteiger partial charge is 0.495 e. The summed E-state index contributed by atoms with van der Waals surface area (Å²) >= 11 is 12.1. The number of methoxy groups -OCH3 is 1. The zero-order valence-electron chi connectivity index (χ0n) is 12.2. The van der Waals surface area contributed by atoms with Crippen LogP contribution in [0.3, 0.4) is 0 Å². The molecule has 2 aromatic carbocycles. The van der Waals surface area contributed by atoms with Crippen molar-refractivity contribution >= 4 is 40.5 Å². The molecule has 0 N–H and O–H groups in total. The van der Waals surface area contributed by atoms with Crippen molar-refractivity contribution in [3.63, 3.8) is 0 Å². The zero-order chi connectivity index (χ0) is 17.6. The lowest BCUT2D eigenvalue weighted by Crippen LogP contribution is -2.22. The van der Waals surface area contributed by atoms with Gasteiger partial charge in [0, 0.05) is 10.6 Å². The topological polar surface area (TPSA) is 29.5 Å². The summed E-state index contributed by atoms with van der Waals surface area (Å²) in [4.78, 5) is 13.6. The maximum absolute atomic E-state index is 13.0. The minimum absolute atomic E-state index is 0.0652. The third-order valence-corrected chi connectivity index (χ3v) is 4.35. The third-order valence-electron chi connectivity index (χ3n) is 3.69. The number of nitrogens with zero attached hydrogens (tertiary/aromatic N) is 1. The first kappa shape index (κ1) is 16.9. The Hall–Kier alpha value is -1.92. The molecule has 3 nitrogen and oxygen atoms in total. The number of amides is 1. The van der Waals surface area contributed by atoms with E-state index in [9.17, 15) is 18.0 Å². The molecule has 0 spiro atoms. The van der Waals surface area contributed by atoms with Crippen LogP contribution in [0, 0.1) is 0 Å². The lowest BCUT2D eigenvalue weighted by atomic mass is 10.1. The van der Waals surface area contributed by atoms with Crippen LogP contribution in [-0.2, 0) is 11.0 Å². The molecule has 126 valence electrons. The van der Waals surface area contributed by atoms with Gasteiger partial charge in [-0.1, -0.05) is 17.7 Å². The van der Waals surface area contributed by atoms with E-state index in [1.54, 1.807) is 6.07 Å². The van der Waals surface area contributed by atoms with E-state index in [0.717, 1.165) is 17.0 Å². The monoisotopic (exact) mass is 375 g/mol. The van der Waals surface area contributed by atoms with Gasteiger partial charge < -0.3 is 4.74 Å². The van der Waals surface area contributed by atoms with Gasteiger partial charge in [-0.2, -0.15) is 13.2 Å². The second-order valence-electron chi connectivity index (χ2n) is 5.12. The minimum atomic E-state index is -4.54. The van der Waals surface area contributed by atoms with Gasteiger partial charge in [-0.15, -0.1) is 11.6 Å². The molecule has 1 atom stereocenters. The molecule has 0 radical (unpaired) electrons. The van der Waals surface area contributed by atoms with Crippen LogP contribution < -0.4 is 9.64 Å². The van der Waals surface area contributed by atoms with Crippen molar-refractivity contribution in [3.8, 4) is 5.75 Å². The maximum Gasteiger partial charge on any atom is 0.416 e. The predicted octanol–water partition coefficient (Wildman–Crippen LogP) is 5.33. The molecule has 0 saturated heterocycles. The van der Waals surface area contributed by atoms with Crippen LogP contribution in [0.1, 0.15) is 16.5 Å². The van der Waals surface area contributed by atoms with Crippen molar-refractivity contribution in [1.29, 1.82) is 0 Å². The molecular weight excluding hydrogens is 366 g/mol. The second kappa shape index (κ2) is 5.86. The highest BCUT2D eigenvalue weighted by Gasteiger charge is 2.41. The van der Waals surface area contributed by atoms with Crippen molar-refractivity contribution < 1.29 is 22.7 Å². The molecule has 3 rings (SSSR count). The highest BCUT2D eigenvalue weighted by molar-refractivity contribution is 6.37. The minimum Gasteiger partial charge on any atom is -0.495 e. The number of hydrogen-bond donors (Lipinski definition) is 0. The molecule has 1 amide bonds. The van der Waals surface area contributed by atoms with Gasteiger partial charge in [-0.25, -0.2) is 0 Å². The van der Waals surface area contributed by atoms with Crippen LogP contribution in [0.15, 0.2) is 36.4 Å². The number of halogens is 5. The van der Waals surface area contributed by atoms with E-state index in [4.69, 9.17) is 27.9 Å². The summed E-state index contributed by atoms with van der Waals surface area (Å²) in [5.41, 5.74) is -0.267. The molecule has 8 heteroatoms. The Bertz CT molecular complexity index is 823. The normalized spacial score (nSPS) is 17.2. The first-order valence-corrected chi connectivity index (χ1v) is 7.58. The quantitative estimate of drug-likeness (QED) is 0.664. The Morgan fingerprint density at radius 1 is 1.12 bits per heavy atom. The number of carbonyl (C=O) groups is 1.